The summed E-state index contributed by atoms with van der Waals surface area (Å²) in [6, 6.07) is 13.0. The first-order chi connectivity index (χ1) is 9.13. The lowest BCUT2D eigenvalue weighted by molar-refractivity contribution is 0.264. The van der Waals surface area contributed by atoms with Gasteiger partial charge in [0, 0.05) is 5.92 Å². The zero-order chi connectivity index (χ0) is 13.8. The molecule has 2 aromatic carbocycles. The van der Waals surface area contributed by atoms with Crippen LogP contribution in [-0.2, 0) is 6.42 Å². The summed E-state index contributed by atoms with van der Waals surface area (Å²) in [5.41, 5.74) is 3.14. The van der Waals surface area contributed by atoms with Gasteiger partial charge in [0.25, 0.3) is 0 Å². The van der Waals surface area contributed by atoms with Crippen LogP contribution in [0.15, 0.2) is 46.9 Å². The Hall–Kier alpha value is -1.19. The van der Waals surface area contributed by atoms with Gasteiger partial charge in [0.05, 0.1) is 11.1 Å². The van der Waals surface area contributed by atoms with E-state index in [1.165, 1.54) is 6.07 Å². The van der Waals surface area contributed by atoms with Gasteiger partial charge in [-0.3, -0.25) is 0 Å². The summed E-state index contributed by atoms with van der Waals surface area (Å²) in [6.07, 6.45) is 0.611. The quantitative estimate of drug-likeness (QED) is 0.893. The molecule has 1 nitrogen and oxygen atoms in total. The van der Waals surface area contributed by atoms with Gasteiger partial charge in [0.1, 0.15) is 5.82 Å². The first-order valence-electron chi connectivity index (χ1n) is 6.22. The van der Waals surface area contributed by atoms with E-state index in [0.717, 1.165) is 16.7 Å². The van der Waals surface area contributed by atoms with Gasteiger partial charge in [-0.25, -0.2) is 4.39 Å². The third kappa shape index (κ3) is 3.23. The molecule has 0 bridgehead atoms. The predicted octanol–water partition coefficient (Wildman–Crippen LogP) is 4.22. The summed E-state index contributed by atoms with van der Waals surface area (Å²) in [6.45, 7) is 2.08. The molecule has 0 fully saturated rings. The number of benzene rings is 2. The van der Waals surface area contributed by atoms with E-state index in [9.17, 15) is 9.50 Å². The average Bonchev–Trinajstić information content (AvgIpc) is 2.41. The van der Waals surface area contributed by atoms with Gasteiger partial charge in [0.2, 0.25) is 0 Å². The van der Waals surface area contributed by atoms with Gasteiger partial charge >= 0.3 is 0 Å². The van der Waals surface area contributed by atoms with Crippen molar-refractivity contribution in [3.8, 4) is 0 Å². The number of hydrogen-bond donors (Lipinski definition) is 1. The van der Waals surface area contributed by atoms with Crippen molar-refractivity contribution < 1.29 is 9.50 Å². The maximum atomic E-state index is 13.5. The Labute approximate surface area is 121 Å². The molecule has 0 saturated heterocycles. The van der Waals surface area contributed by atoms with E-state index in [0.29, 0.717) is 10.9 Å². The van der Waals surface area contributed by atoms with Crippen molar-refractivity contribution in [3.63, 3.8) is 0 Å². The van der Waals surface area contributed by atoms with E-state index in [4.69, 9.17) is 0 Å². The smallest absolute Gasteiger partial charge is 0.137 e. The minimum absolute atomic E-state index is 0.0145. The van der Waals surface area contributed by atoms with Crippen LogP contribution in [0.5, 0.6) is 0 Å². The van der Waals surface area contributed by atoms with E-state index in [1.54, 1.807) is 6.07 Å². The second kappa shape index (κ2) is 6.31. The van der Waals surface area contributed by atoms with Crippen LogP contribution in [-0.4, -0.2) is 11.7 Å². The third-order valence-corrected chi connectivity index (χ3v) is 4.23. The van der Waals surface area contributed by atoms with Crippen molar-refractivity contribution in [3.05, 3.63) is 69.4 Å². The molecule has 2 rings (SSSR count). The maximum absolute atomic E-state index is 13.5. The summed E-state index contributed by atoms with van der Waals surface area (Å²) < 4.78 is 14.0. The van der Waals surface area contributed by atoms with Crippen molar-refractivity contribution in [2.45, 2.75) is 19.3 Å². The summed E-state index contributed by atoms with van der Waals surface area (Å²) in [7, 11) is 0. The van der Waals surface area contributed by atoms with Crippen LogP contribution in [0.25, 0.3) is 0 Å². The summed E-state index contributed by atoms with van der Waals surface area (Å²) in [4.78, 5) is 0. The molecular formula is C16H16BrFO. The Morgan fingerprint density at radius 2 is 1.89 bits per heavy atom. The average molecular weight is 323 g/mol. The SMILES string of the molecule is Cc1ccccc1C(CO)Cc1cccc(F)c1Br. The van der Waals surface area contributed by atoms with E-state index >= 15 is 0 Å². The molecule has 0 aliphatic heterocycles. The number of aliphatic hydroxyl groups is 1. The van der Waals surface area contributed by atoms with Crippen LogP contribution in [0.2, 0.25) is 0 Å². The highest BCUT2D eigenvalue weighted by molar-refractivity contribution is 9.10. The van der Waals surface area contributed by atoms with Crippen LogP contribution >= 0.6 is 15.9 Å². The second-order valence-corrected chi connectivity index (χ2v) is 5.45. The lowest BCUT2D eigenvalue weighted by Crippen LogP contribution is -2.10. The minimum Gasteiger partial charge on any atom is -0.396 e. The molecule has 0 spiro atoms. The van der Waals surface area contributed by atoms with Crippen molar-refractivity contribution in [2.24, 2.45) is 0 Å². The Morgan fingerprint density at radius 1 is 1.16 bits per heavy atom. The van der Waals surface area contributed by atoms with Gasteiger partial charge < -0.3 is 5.11 Å². The van der Waals surface area contributed by atoms with Gasteiger partial charge in [0.15, 0.2) is 0 Å². The lowest BCUT2D eigenvalue weighted by atomic mass is 9.90. The zero-order valence-corrected chi connectivity index (χ0v) is 12.3. The number of rotatable bonds is 4. The maximum Gasteiger partial charge on any atom is 0.137 e. The van der Waals surface area contributed by atoms with E-state index in [2.05, 4.69) is 15.9 Å². The highest BCUT2D eigenvalue weighted by Gasteiger charge is 2.16. The predicted molar refractivity (Wildman–Crippen MR) is 78.8 cm³/mol. The molecule has 1 N–H and O–H groups in total. The van der Waals surface area contributed by atoms with Crippen LogP contribution < -0.4 is 0 Å². The fourth-order valence-corrected chi connectivity index (χ4v) is 2.72. The highest BCUT2D eigenvalue weighted by Crippen LogP contribution is 2.28. The largest absolute Gasteiger partial charge is 0.396 e. The van der Waals surface area contributed by atoms with E-state index in [1.807, 2.05) is 37.3 Å². The summed E-state index contributed by atoms with van der Waals surface area (Å²) in [5.74, 6) is -0.279. The monoisotopic (exact) mass is 322 g/mol. The molecule has 19 heavy (non-hydrogen) atoms. The Morgan fingerprint density at radius 3 is 2.58 bits per heavy atom. The van der Waals surface area contributed by atoms with Gasteiger partial charge in [-0.05, 0) is 52.0 Å². The molecule has 0 aliphatic rings. The molecule has 1 atom stereocenters. The molecule has 0 amide bonds. The topological polar surface area (TPSA) is 20.2 Å². The molecule has 0 heterocycles. The zero-order valence-electron chi connectivity index (χ0n) is 10.7. The van der Waals surface area contributed by atoms with Crippen molar-refractivity contribution in [1.29, 1.82) is 0 Å². The Bertz CT molecular complexity index is 568. The first kappa shape index (κ1) is 14.2. The molecule has 2 aromatic rings. The number of hydrogen-bond acceptors (Lipinski definition) is 1. The third-order valence-electron chi connectivity index (χ3n) is 3.35. The highest BCUT2D eigenvalue weighted by atomic mass is 79.9. The van der Waals surface area contributed by atoms with Crippen LogP contribution in [0.3, 0.4) is 0 Å². The fraction of sp³-hybridized carbons (Fsp3) is 0.250. The fourth-order valence-electron chi connectivity index (χ4n) is 2.29. The van der Waals surface area contributed by atoms with E-state index < -0.39 is 0 Å². The number of aliphatic hydroxyl groups excluding tert-OH is 1. The molecule has 100 valence electrons. The Kier molecular flexibility index (Phi) is 4.72. The number of halogens is 2. The van der Waals surface area contributed by atoms with Crippen LogP contribution in [0.4, 0.5) is 4.39 Å². The van der Waals surface area contributed by atoms with Crippen molar-refractivity contribution in [2.75, 3.05) is 6.61 Å². The lowest BCUT2D eigenvalue weighted by Gasteiger charge is -2.18. The van der Waals surface area contributed by atoms with Crippen molar-refractivity contribution in [1.82, 2.24) is 0 Å². The molecule has 0 aromatic heterocycles. The molecular weight excluding hydrogens is 307 g/mol. The number of aryl methyl sites for hydroxylation is 1. The minimum atomic E-state index is -0.265. The van der Waals surface area contributed by atoms with Gasteiger partial charge in [-0.15, -0.1) is 0 Å². The molecule has 1 unspecified atom stereocenters. The Balaban J connectivity index is 2.30. The summed E-state index contributed by atoms with van der Waals surface area (Å²) in [5, 5.41) is 9.62. The molecule has 0 saturated carbocycles. The van der Waals surface area contributed by atoms with Gasteiger partial charge in [-0.2, -0.15) is 0 Å². The van der Waals surface area contributed by atoms with E-state index in [-0.39, 0.29) is 18.3 Å². The molecule has 3 heteroatoms. The second-order valence-electron chi connectivity index (χ2n) is 4.65. The van der Waals surface area contributed by atoms with Crippen LogP contribution in [0, 0.1) is 12.7 Å². The normalized spacial score (nSPS) is 12.4. The van der Waals surface area contributed by atoms with Crippen molar-refractivity contribution >= 4 is 15.9 Å². The summed E-state index contributed by atoms with van der Waals surface area (Å²) >= 11 is 3.27. The first-order valence-corrected chi connectivity index (χ1v) is 7.02. The molecule has 0 radical (unpaired) electrons. The van der Waals surface area contributed by atoms with Gasteiger partial charge in [-0.1, -0.05) is 36.4 Å². The standard InChI is InChI=1S/C16H16BrFO/c1-11-5-2-3-7-14(11)13(10-19)9-12-6-4-8-15(18)16(12)17/h2-8,13,19H,9-10H2,1H3. The molecule has 0 aliphatic carbocycles. The van der Waals surface area contributed by atoms with Crippen LogP contribution in [0.1, 0.15) is 22.6 Å².